The average molecular weight is 539 g/mol. The Morgan fingerprint density at radius 2 is 1.75 bits per heavy atom. The molecule has 2 heterocycles. The van der Waals surface area contributed by atoms with Gasteiger partial charge in [-0.2, -0.15) is 0 Å². The predicted molar refractivity (Wildman–Crippen MR) is 118 cm³/mol. The topological polar surface area (TPSA) is 37.0 Å². The molecule has 0 fully saturated rings. The van der Waals surface area contributed by atoms with Gasteiger partial charge in [-0.15, -0.1) is 0 Å². The zero-order chi connectivity index (χ0) is 19.2. The van der Waals surface area contributed by atoms with Crippen LogP contribution in [0.15, 0.2) is 78.1 Å². The normalized spacial score (nSPS) is 13.9. The maximum absolute atomic E-state index is 5.96. The summed E-state index contributed by atoms with van der Waals surface area (Å²) < 4.78 is 4.72. The van der Waals surface area contributed by atoms with E-state index in [4.69, 9.17) is 16.6 Å². The van der Waals surface area contributed by atoms with Gasteiger partial charge in [-0.1, -0.05) is 0 Å². The van der Waals surface area contributed by atoms with Crippen molar-refractivity contribution in [2.45, 2.75) is 6.54 Å². The number of halogens is 2. The first-order chi connectivity index (χ1) is 13.8. The number of nitrogens with zero attached hydrogens (tertiary/aromatic N) is 1. The molecule has 0 saturated heterocycles. The van der Waals surface area contributed by atoms with E-state index < -0.39 is 0 Å². The Kier molecular flexibility index (Phi) is 6.95. The molecule has 2 aromatic carbocycles. The van der Waals surface area contributed by atoms with Crippen molar-refractivity contribution in [1.82, 2.24) is 10.3 Å². The van der Waals surface area contributed by atoms with Gasteiger partial charge in [0.05, 0.1) is 0 Å². The number of rotatable bonds is 7. The Bertz CT molecular complexity index is 984. The number of hydrogen-bond donors (Lipinski definition) is 2. The molecule has 0 unspecified atom stereocenters. The van der Waals surface area contributed by atoms with Crippen LogP contribution >= 0.6 is 34.7 Å². The first-order valence-corrected chi connectivity index (χ1v) is 13.2. The van der Waals surface area contributed by atoms with E-state index >= 15 is 0 Å². The third-order valence-electron chi connectivity index (χ3n) is 3.96. The van der Waals surface area contributed by atoms with Crippen LogP contribution in [0.1, 0.15) is 5.56 Å². The molecule has 4 rings (SSSR count). The summed E-state index contributed by atoms with van der Waals surface area (Å²) in [6, 6.07) is 18.3. The van der Waals surface area contributed by atoms with Crippen LogP contribution < -0.4 is 31.8 Å². The van der Waals surface area contributed by atoms with Gasteiger partial charge in [-0.25, -0.2) is 0 Å². The van der Waals surface area contributed by atoms with Gasteiger partial charge in [0.2, 0.25) is 0 Å². The molecule has 0 atom stereocenters. The van der Waals surface area contributed by atoms with Crippen LogP contribution in [0.25, 0.3) is 11.3 Å². The van der Waals surface area contributed by atoms with Gasteiger partial charge in [-0.3, -0.25) is 0 Å². The van der Waals surface area contributed by atoms with Crippen LogP contribution in [-0.2, 0) is 6.54 Å². The van der Waals surface area contributed by atoms with Crippen LogP contribution in [0.5, 0.6) is 0 Å². The number of anilines is 1. The Labute approximate surface area is 188 Å². The Morgan fingerprint density at radius 1 is 0.929 bits per heavy atom. The fourth-order valence-corrected chi connectivity index (χ4v) is 6.86. The SMILES string of the molecule is Clc1ccc(-c2csc(NCC3=C[I-]C=C(NCc4ccccc4)S3)n2)cc1. The molecule has 0 bridgehead atoms. The van der Waals surface area contributed by atoms with Crippen molar-refractivity contribution in [2.75, 3.05) is 11.9 Å². The third kappa shape index (κ3) is 5.53. The fraction of sp³-hybridized carbons (Fsp3) is 0.0952. The summed E-state index contributed by atoms with van der Waals surface area (Å²) in [6.45, 7) is 1.67. The molecule has 1 aliphatic heterocycles. The second-order valence-corrected chi connectivity index (χ2v) is 10.4. The van der Waals surface area contributed by atoms with Crippen molar-refractivity contribution in [3.05, 3.63) is 88.7 Å². The van der Waals surface area contributed by atoms with Gasteiger partial charge in [0.15, 0.2) is 0 Å². The van der Waals surface area contributed by atoms with Crippen LogP contribution in [0, 0.1) is 0 Å². The standard InChI is InChI=1S/C21H18ClIN3S2/c22-17-8-6-16(7-9-17)19-14-27-21(26-19)25-13-18-10-23-11-20(28-18)24-12-15-4-2-1-3-5-15/h1-11,14,24H,12-13H2,(H,25,26)/q-1. The zero-order valence-electron chi connectivity index (χ0n) is 14.9. The number of hydrogen-bond acceptors (Lipinski definition) is 5. The molecule has 2 N–H and O–H groups in total. The molecule has 0 radical (unpaired) electrons. The Hall–Kier alpha value is -1.48. The molecule has 0 amide bonds. The van der Waals surface area contributed by atoms with Gasteiger partial charge < -0.3 is 0 Å². The Balaban J connectivity index is 1.28. The molecular weight excluding hydrogens is 521 g/mol. The monoisotopic (exact) mass is 538 g/mol. The second-order valence-electron chi connectivity index (χ2n) is 6.01. The van der Waals surface area contributed by atoms with Crippen molar-refractivity contribution in [3.63, 3.8) is 0 Å². The molecule has 3 aromatic rings. The zero-order valence-corrected chi connectivity index (χ0v) is 19.4. The van der Waals surface area contributed by atoms with Gasteiger partial charge in [0.1, 0.15) is 0 Å². The van der Waals surface area contributed by atoms with E-state index in [9.17, 15) is 0 Å². The number of thiazole rings is 1. The van der Waals surface area contributed by atoms with Crippen molar-refractivity contribution in [3.8, 4) is 11.3 Å². The molecule has 7 heteroatoms. The number of benzene rings is 2. The summed E-state index contributed by atoms with van der Waals surface area (Å²) in [5.74, 6) is 0. The number of nitrogens with one attached hydrogen (secondary N) is 2. The van der Waals surface area contributed by atoms with E-state index in [1.54, 1.807) is 11.3 Å². The van der Waals surface area contributed by atoms with Gasteiger partial charge in [-0.05, 0) is 0 Å². The minimum atomic E-state index is -0.0425. The summed E-state index contributed by atoms with van der Waals surface area (Å²) in [4.78, 5) is 6.05. The Morgan fingerprint density at radius 3 is 2.57 bits per heavy atom. The minimum absolute atomic E-state index is 0.0425. The first-order valence-electron chi connectivity index (χ1n) is 8.68. The van der Waals surface area contributed by atoms with Crippen molar-refractivity contribution in [1.29, 1.82) is 0 Å². The predicted octanol–water partition coefficient (Wildman–Crippen LogP) is 3.14. The molecular formula is C21H18ClIN3S2-. The molecule has 144 valence electrons. The van der Waals surface area contributed by atoms with Crippen molar-refractivity contribution < 1.29 is 21.2 Å². The first kappa shape index (κ1) is 19.8. The van der Waals surface area contributed by atoms with Crippen molar-refractivity contribution >= 4 is 39.8 Å². The van der Waals surface area contributed by atoms with Gasteiger partial charge in [0, 0.05) is 0 Å². The number of thioether (sulfide) groups is 1. The summed E-state index contributed by atoms with van der Waals surface area (Å²) in [6.07, 6.45) is 0. The van der Waals surface area contributed by atoms with E-state index in [1.165, 1.54) is 15.5 Å². The summed E-state index contributed by atoms with van der Waals surface area (Å²) in [5.41, 5.74) is 3.36. The van der Waals surface area contributed by atoms with Crippen LogP contribution in [0.4, 0.5) is 5.13 Å². The molecule has 0 aliphatic carbocycles. The molecule has 1 aliphatic rings. The summed E-state index contributed by atoms with van der Waals surface area (Å²) in [5, 5.41) is 12.0. The van der Waals surface area contributed by atoms with Crippen LogP contribution in [0.2, 0.25) is 5.02 Å². The molecule has 28 heavy (non-hydrogen) atoms. The molecule has 1 aromatic heterocycles. The fourth-order valence-electron chi connectivity index (χ4n) is 2.55. The van der Waals surface area contributed by atoms with Crippen molar-refractivity contribution in [2.24, 2.45) is 0 Å². The quantitative estimate of drug-likeness (QED) is 0.453. The average Bonchev–Trinajstić information content (AvgIpc) is 3.21. The third-order valence-corrected chi connectivity index (χ3v) is 8.95. The van der Waals surface area contributed by atoms with Crippen LogP contribution in [-0.4, -0.2) is 11.5 Å². The maximum atomic E-state index is 5.96. The molecule has 0 spiro atoms. The summed E-state index contributed by atoms with van der Waals surface area (Å²) >= 11 is 9.37. The number of aromatic nitrogens is 1. The van der Waals surface area contributed by atoms with Crippen LogP contribution in [0.3, 0.4) is 0 Å². The van der Waals surface area contributed by atoms with E-state index in [2.05, 4.69) is 48.4 Å². The molecule has 3 nitrogen and oxygen atoms in total. The van der Waals surface area contributed by atoms with Gasteiger partial charge in [0.25, 0.3) is 0 Å². The second kappa shape index (κ2) is 9.82. The van der Waals surface area contributed by atoms with E-state index in [0.29, 0.717) is 0 Å². The molecule has 0 saturated carbocycles. The van der Waals surface area contributed by atoms with E-state index in [-0.39, 0.29) is 21.2 Å². The van der Waals surface area contributed by atoms with E-state index in [0.717, 1.165) is 34.5 Å². The van der Waals surface area contributed by atoms with E-state index in [1.807, 2.05) is 42.1 Å². The van der Waals surface area contributed by atoms with Gasteiger partial charge >= 0.3 is 190 Å². The summed E-state index contributed by atoms with van der Waals surface area (Å²) in [7, 11) is 0.